The quantitative estimate of drug-likeness (QED) is 0.754. The van der Waals surface area contributed by atoms with Gasteiger partial charge in [-0.1, -0.05) is 0 Å². The van der Waals surface area contributed by atoms with Crippen LogP contribution >= 0.6 is 0 Å². The molecule has 0 spiro atoms. The van der Waals surface area contributed by atoms with Gasteiger partial charge in [0.05, 0.1) is 0 Å². The van der Waals surface area contributed by atoms with Crippen molar-refractivity contribution in [1.29, 1.82) is 0 Å². The molecule has 0 aromatic heterocycles. The number of fused-ring (bicyclic) bond motifs is 1. The van der Waals surface area contributed by atoms with Crippen LogP contribution in [0, 0.1) is 5.82 Å². The number of anilines is 1. The number of amides is 2. The molecule has 1 aromatic carbocycles. The molecule has 0 aliphatic carbocycles. The van der Waals surface area contributed by atoms with Crippen LogP contribution in [0.5, 0.6) is 0 Å². The molecule has 4 heteroatoms. The molecule has 1 heterocycles. The summed E-state index contributed by atoms with van der Waals surface area (Å²) in [6.07, 6.45) is 1.69. The Hall–Kier alpha value is -1.58. The maximum absolute atomic E-state index is 13.2. The molecule has 18 heavy (non-hydrogen) atoms. The summed E-state index contributed by atoms with van der Waals surface area (Å²) in [6, 6.07) is 4.49. The summed E-state index contributed by atoms with van der Waals surface area (Å²) in [7, 11) is 0. The zero-order chi connectivity index (χ0) is 13.3. The van der Waals surface area contributed by atoms with Crippen molar-refractivity contribution in [3.63, 3.8) is 0 Å². The van der Waals surface area contributed by atoms with Crippen LogP contribution in [-0.4, -0.2) is 18.1 Å². The van der Waals surface area contributed by atoms with E-state index in [0.29, 0.717) is 6.54 Å². The van der Waals surface area contributed by atoms with Crippen LogP contribution in [0.2, 0.25) is 0 Å². The first-order valence-electron chi connectivity index (χ1n) is 6.25. The van der Waals surface area contributed by atoms with Crippen LogP contribution in [0.15, 0.2) is 18.2 Å². The summed E-state index contributed by atoms with van der Waals surface area (Å²) in [5, 5.41) is 2.94. The standard InChI is InChI=1S/C14H19FN2O/c1-14(2,3)16-13(18)17-8-4-5-10-9-11(15)6-7-12(10)17/h6-7,9H,4-5,8H2,1-3H3,(H,16,18). The minimum atomic E-state index is -0.269. The lowest BCUT2D eigenvalue weighted by atomic mass is 10.0. The predicted molar refractivity (Wildman–Crippen MR) is 70.4 cm³/mol. The van der Waals surface area contributed by atoms with Crippen LogP contribution in [0.3, 0.4) is 0 Å². The van der Waals surface area contributed by atoms with Crippen molar-refractivity contribution in [3.05, 3.63) is 29.6 Å². The number of rotatable bonds is 0. The SMILES string of the molecule is CC(C)(C)NC(=O)N1CCCc2cc(F)ccc21. The number of nitrogens with zero attached hydrogens (tertiary/aromatic N) is 1. The van der Waals surface area contributed by atoms with Gasteiger partial charge < -0.3 is 5.32 Å². The molecule has 0 bridgehead atoms. The lowest BCUT2D eigenvalue weighted by molar-refractivity contribution is 0.237. The third-order valence-corrected chi connectivity index (χ3v) is 2.89. The summed E-state index contributed by atoms with van der Waals surface area (Å²) < 4.78 is 13.2. The molecule has 3 nitrogen and oxygen atoms in total. The van der Waals surface area contributed by atoms with Crippen LogP contribution in [0.4, 0.5) is 14.9 Å². The molecule has 1 aliphatic rings. The van der Waals surface area contributed by atoms with Gasteiger partial charge in [0.1, 0.15) is 5.82 Å². The second kappa shape index (κ2) is 4.59. The summed E-state index contributed by atoms with van der Waals surface area (Å²) >= 11 is 0. The van der Waals surface area contributed by atoms with Gasteiger partial charge in [0, 0.05) is 17.8 Å². The Morgan fingerprint density at radius 2 is 2.11 bits per heavy atom. The highest BCUT2D eigenvalue weighted by atomic mass is 19.1. The first kappa shape index (κ1) is 12.9. The number of nitrogens with one attached hydrogen (secondary N) is 1. The largest absolute Gasteiger partial charge is 0.333 e. The van der Waals surface area contributed by atoms with Crippen molar-refractivity contribution >= 4 is 11.7 Å². The van der Waals surface area contributed by atoms with E-state index < -0.39 is 0 Å². The number of halogens is 1. The smallest absolute Gasteiger partial charge is 0.322 e. The molecule has 98 valence electrons. The minimum Gasteiger partial charge on any atom is -0.333 e. The van der Waals surface area contributed by atoms with E-state index in [1.54, 1.807) is 11.0 Å². The average Bonchev–Trinajstić information content (AvgIpc) is 2.25. The predicted octanol–water partition coefficient (Wildman–Crippen LogP) is 3.09. The van der Waals surface area contributed by atoms with Crippen LogP contribution in [0.25, 0.3) is 0 Å². The maximum atomic E-state index is 13.2. The lowest BCUT2D eigenvalue weighted by Crippen LogP contribution is -2.50. The molecule has 0 saturated heterocycles. The fourth-order valence-electron chi connectivity index (χ4n) is 2.16. The van der Waals surface area contributed by atoms with Gasteiger partial charge in [0.2, 0.25) is 0 Å². The van der Waals surface area contributed by atoms with Crippen LogP contribution in [-0.2, 0) is 6.42 Å². The van der Waals surface area contributed by atoms with Gasteiger partial charge in [-0.05, 0) is 57.4 Å². The highest BCUT2D eigenvalue weighted by Crippen LogP contribution is 2.27. The van der Waals surface area contributed by atoms with Gasteiger partial charge in [-0.25, -0.2) is 9.18 Å². The fraction of sp³-hybridized carbons (Fsp3) is 0.500. The summed E-state index contributed by atoms with van der Waals surface area (Å²) in [4.78, 5) is 13.9. The minimum absolute atomic E-state index is 0.116. The molecule has 2 amide bonds. The number of aryl methyl sites for hydroxylation is 1. The van der Waals surface area contributed by atoms with E-state index in [2.05, 4.69) is 5.32 Å². The molecular weight excluding hydrogens is 231 g/mol. The van der Waals surface area contributed by atoms with E-state index in [1.807, 2.05) is 20.8 Å². The van der Waals surface area contributed by atoms with Crippen molar-refractivity contribution in [2.75, 3.05) is 11.4 Å². The molecule has 0 saturated carbocycles. The second-order valence-corrected chi connectivity index (χ2v) is 5.71. The van der Waals surface area contributed by atoms with Gasteiger partial charge in [-0.2, -0.15) is 0 Å². The zero-order valence-corrected chi connectivity index (χ0v) is 11.1. The molecule has 1 N–H and O–H groups in total. The van der Waals surface area contributed by atoms with E-state index in [4.69, 9.17) is 0 Å². The molecule has 0 radical (unpaired) electrons. The Morgan fingerprint density at radius 1 is 1.39 bits per heavy atom. The Morgan fingerprint density at radius 3 is 2.78 bits per heavy atom. The van der Waals surface area contributed by atoms with E-state index in [0.717, 1.165) is 24.1 Å². The highest BCUT2D eigenvalue weighted by Gasteiger charge is 2.25. The molecule has 1 aliphatic heterocycles. The molecule has 0 atom stereocenters. The van der Waals surface area contributed by atoms with Gasteiger partial charge in [0.15, 0.2) is 0 Å². The highest BCUT2D eigenvalue weighted by molar-refractivity contribution is 5.93. The number of carbonyl (C=O) groups is 1. The second-order valence-electron chi connectivity index (χ2n) is 5.71. The van der Waals surface area contributed by atoms with E-state index >= 15 is 0 Å². The monoisotopic (exact) mass is 250 g/mol. The Balaban J connectivity index is 2.25. The summed E-state index contributed by atoms with van der Waals surface area (Å²) in [5.74, 6) is -0.244. The first-order chi connectivity index (χ1) is 8.37. The van der Waals surface area contributed by atoms with E-state index in [9.17, 15) is 9.18 Å². The van der Waals surface area contributed by atoms with Crippen molar-refractivity contribution in [1.82, 2.24) is 5.32 Å². The Labute approximate surface area is 107 Å². The van der Waals surface area contributed by atoms with Crippen molar-refractivity contribution in [2.45, 2.75) is 39.2 Å². The van der Waals surface area contributed by atoms with Crippen LogP contribution in [0.1, 0.15) is 32.8 Å². The number of benzene rings is 1. The number of carbonyl (C=O) groups excluding carboxylic acids is 1. The average molecular weight is 250 g/mol. The van der Waals surface area contributed by atoms with Crippen molar-refractivity contribution in [2.24, 2.45) is 0 Å². The Kier molecular flexibility index (Phi) is 3.28. The third-order valence-electron chi connectivity index (χ3n) is 2.89. The van der Waals surface area contributed by atoms with Gasteiger partial charge in [0.25, 0.3) is 0 Å². The van der Waals surface area contributed by atoms with Gasteiger partial charge >= 0.3 is 6.03 Å². The summed E-state index contributed by atoms with van der Waals surface area (Å²) in [6.45, 7) is 6.52. The number of urea groups is 1. The zero-order valence-electron chi connectivity index (χ0n) is 11.1. The molecule has 1 aromatic rings. The topological polar surface area (TPSA) is 32.3 Å². The summed E-state index contributed by atoms with van der Waals surface area (Å²) in [5.41, 5.74) is 1.46. The third kappa shape index (κ3) is 2.81. The maximum Gasteiger partial charge on any atom is 0.322 e. The lowest BCUT2D eigenvalue weighted by Gasteiger charge is -2.32. The first-order valence-corrected chi connectivity index (χ1v) is 6.25. The van der Waals surface area contributed by atoms with Gasteiger partial charge in [-0.15, -0.1) is 0 Å². The molecule has 0 fully saturated rings. The van der Waals surface area contributed by atoms with E-state index in [-0.39, 0.29) is 17.4 Å². The van der Waals surface area contributed by atoms with Crippen molar-refractivity contribution < 1.29 is 9.18 Å². The Bertz CT molecular complexity index is 465. The number of hydrogen-bond donors (Lipinski definition) is 1. The van der Waals surface area contributed by atoms with Gasteiger partial charge in [-0.3, -0.25) is 4.90 Å². The van der Waals surface area contributed by atoms with Crippen LogP contribution < -0.4 is 10.2 Å². The normalized spacial score (nSPS) is 15.2. The number of hydrogen-bond acceptors (Lipinski definition) is 1. The fourth-order valence-corrected chi connectivity index (χ4v) is 2.16. The van der Waals surface area contributed by atoms with E-state index in [1.165, 1.54) is 12.1 Å². The van der Waals surface area contributed by atoms with Crippen molar-refractivity contribution in [3.8, 4) is 0 Å². The molecule has 2 rings (SSSR count). The molecule has 0 unspecified atom stereocenters. The molecular formula is C14H19FN2O.